The van der Waals surface area contributed by atoms with E-state index in [0.29, 0.717) is 44.1 Å². The minimum atomic E-state index is -3.00. The van der Waals surface area contributed by atoms with Crippen LogP contribution in [0, 0.1) is 40.9 Å². The first-order valence-corrected chi connectivity index (χ1v) is 25.1. The molecule has 396 valence electrons. The third kappa shape index (κ3) is 15.1. The van der Waals surface area contributed by atoms with Gasteiger partial charge in [0, 0.05) is 63.9 Å². The van der Waals surface area contributed by atoms with Crippen molar-refractivity contribution in [3.05, 3.63) is 47.6 Å². The van der Waals surface area contributed by atoms with Crippen molar-refractivity contribution in [3.63, 3.8) is 0 Å². The van der Waals surface area contributed by atoms with E-state index in [2.05, 4.69) is 0 Å². The number of ether oxygens (including phenoxy) is 6. The van der Waals surface area contributed by atoms with Crippen LogP contribution in [-0.2, 0) is 52.4 Å². The Hall–Kier alpha value is -3.41. The molecule has 4 aliphatic rings. The number of esters is 1. The molecular formula is C55H87NO14. The molecule has 2 bridgehead atoms. The number of allylic oxidation sites excluding steroid dienone is 6. The standard InChI is InChI=1S/C55H87NO14/c1-33-18-14-13-16-24-54(8,9)39(7)38(6)49(60)50(67-12)48(59)36(4)28-34(2)43(58)32-46(35(3)29-40-21-23-44(68-27-26-57)47(30-40)66-11)69-53(63)42-19-15-17-25-56(42)52(62)51(61)55(64)37(5)20-22-41(70-55)31-45(33)65-10/h13-14,16,18,24,28,34-35,37-42,44-48,50,57,59,64H,15,17,19-23,25-27,29-32H2,1-12H3/b14-13+,24-16+,33-18+,36-28+/t34-,35-,37-,38-,39?,40+,41+,42+,44-,45+,46+,47-,48-,50-,55-/m1/s1/i2D3,10D3,39D. The number of ketones is 3. The summed E-state index contributed by atoms with van der Waals surface area (Å²) in [6.07, 6.45) is 4.75. The molecule has 3 fully saturated rings. The second-order valence-electron chi connectivity index (χ2n) is 20.7. The summed E-state index contributed by atoms with van der Waals surface area (Å²) in [5.41, 5.74) is -0.632. The number of cyclic esters (lactones) is 1. The van der Waals surface area contributed by atoms with Gasteiger partial charge in [-0.15, -0.1) is 0 Å². The van der Waals surface area contributed by atoms with E-state index in [0.717, 1.165) is 11.0 Å². The van der Waals surface area contributed by atoms with Crippen LogP contribution in [0.2, 0.25) is 0 Å². The smallest absolute Gasteiger partial charge is 0.329 e. The predicted octanol–water partition coefficient (Wildman–Crippen LogP) is 6.83. The zero-order valence-electron chi connectivity index (χ0n) is 50.1. The third-order valence-corrected chi connectivity index (χ3v) is 15.4. The van der Waals surface area contributed by atoms with E-state index in [-0.39, 0.29) is 69.1 Å². The van der Waals surface area contributed by atoms with Crippen molar-refractivity contribution in [1.82, 2.24) is 4.90 Å². The van der Waals surface area contributed by atoms with Crippen LogP contribution in [0.25, 0.3) is 0 Å². The summed E-state index contributed by atoms with van der Waals surface area (Å²) < 4.78 is 93.9. The monoisotopic (exact) mass is 993 g/mol. The van der Waals surface area contributed by atoms with Gasteiger partial charge < -0.3 is 48.6 Å². The van der Waals surface area contributed by atoms with E-state index in [1.54, 1.807) is 79.0 Å². The van der Waals surface area contributed by atoms with Crippen LogP contribution >= 0.6 is 0 Å². The van der Waals surface area contributed by atoms with Crippen molar-refractivity contribution < 1.29 is 77.3 Å². The zero-order valence-corrected chi connectivity index (χ0v) is 43.1. The molecule has 1 aliphatic carbocycles. The molecule has 0 aromatic heterocycles. The topological polar surface area (TPSA) is 205 Å². The number of nitrogens with zero attached hydrogens (tertiary/aromatic N) is 1. The van der Waals surface area contributed by atoms with E-state index in [9.17, 15) is 40.7 Å². The van der Waals surface area contributed by atoms with E-state index < -0.39 is 127 Å². The Kier molecular flexibility index (Phi) is 18.9. The largest absolute Gasteiger partial charge is 0.460 e. The summed E-state index contributed by atoms with van der Waals surface area (Å²) in [6.45, 7) is 9.82. The van der Waals surface area contributed by atoms with Gasteiger partial charge in [-0.1, -0.05) is 84.9 Å². The molecule has 0 aromatic rings. The highest BCUT2D eigenvalue weighted by Gasteiger charge is 2.53. The van der Waals surface area contributed by atoms with Crippen molar-refractivity contribution in [2.45, 2.75) is 187 Å². The van der Waals surface area contributed by atoms with Gasteiger partial charge in [-0.25, -0.2) is 4.79 Å². The van der Waals surface area contributed by atoms with Crippen LogP contribution in [0.3, 0.4) is 0 Å². The number of aliphatic hydroxyl groups excluding tert-OH is 2. The number of fused-ring (bicyclic) bond motifs is 3. The Morgan fingerprint density at radius 1 is 0.929 bits per heavy atom. The quantitative estimate of drug-likeness (QED) is 0.123. The van der Waals surface area contributed by atoms with Gasteiger partial charge in [-0.3, -0.25) is 19.2 Å². The second-order valence-corrected chi connectivity index (χ2v) is 20.7. The van der Waals surface area contributed by atoms with Crippen molar-refractivity contribution in [3.8, 4) is 0 Å². The fourth-order valence-corrected chi connectivity index (χ4v) is 10.3. The Balaban J connectivity index is 1.84. The fraction of sp³-hybridized carbons (Fsp3) is 0.764. The van der Waals surface area contributed by atoms with Crippen molar-refractivity contribution >= 4 is 29.2 Å². The molecule has 3 N–H and O–H groups in total. The molecule has 1 saturated carbocycles. The van der Waals surface area contributed by atoms with Crippen LogP contribution in [0.15, 0.2) is 47.6 Å². The summed E-state index contributed by atoms with van der Waals surface area (Å²) in [4.78, 5) is 73.4. The lowest BCUT2D eigenvalue weighted by Crippen LogP contribution is -2.61. The Bertz CT molecular complexity index is 2160. The lowest BCUT2D eigenvalue weighted by atomic mass is 9.71. The van der Waals surface area contributed by atoms with Crippen LogP contribution in [-0.4, -0.2) is 145 Å². The Morgan fingerprint density at radius 3 is 2.34 bits per heavy atom. The zero-order chi connectivity index (χ0) is 58.0. The number of hydrogen-bond acceptors (Lipinski definition) is 14. The summed E-state index contributed by atoms with van der Waals surface area (Å²) >= 11 is 0. The van der Waals surface area contributed by atoms with E-state index in [1.165, 1.54) is 21.0 Å². The summed E-state index contributed by atoms with van der Waals surface area (Å²) in [7, 11) is -0.109. The van der Waals surface area contributed by atoms with Crippen LogP contribution in [0.5, 0.6) is 0 Å². The number of methoxy groups -OCH3 is 3. The summed E-state index contributed by atoms with van der Waals surface area (Å²) in [5.74, 6) is -13.7. The minimum absolute atomic E-state index is 0.0411. The number of carbonyl (C=O) groups is 5. The van der Waals surface area contributed by atoms with Gasteiger partial charge in [-0.05, 0) is 106 Å². The maximum Gasteiger partial charge on any atom is 0.329 e. The SMILES string of the molecule is [2H]C([2H])([2H])O[C@H]1C[C@@H]2CC[C@@H](C)[C@@](O)(O2)C(=O)C(=O)N2CCCC[C@H]2C(=O)O[C@H]([C@H](C)C[C@@H]2CC[C@@H](OCCO)[C@H](OC)C2)CC(=O)[C@H](C([2H])([2H])[2H])/C=C(\C)[C@@H](O)[C@@H](OC)C(=O)[C@H](C)C([2H])(C)C(C)(C)/C=C/C=C/C=C/1C. The molecule has 3 heterocycles. The highest BCUT2D eigenvalue weighted by atomic mass is 16.6. The Morgan fingerprint density at radius 2 is 1.67 bits per heavy atom. The molecule has 0 aromatic carbocycles. The third-order valence-electron chi connectivity index (χ3n) is 15.4. The predicted molar refractivity (Wildman–Crippen MR) is 265 cm³/mol. The molecule has 15 atom stereocenters. The molecule has 4 rings (SSSR count). The molecule has 0 radical (unpaired) electrons. The van der Waals surface area contributed by atoms with E-state index in [1.807, 2.05) is 0 Å². The first-order chi connectivity index (χ1) is 35.7. The van der Waals surface area contributed by atoms with Gasteiger partial charge in [-0.2, -0.15) is 0 Å². The van der Waals surface area contributed by atoms with Crippen molar-refractivity contribution in [2.75, 3.05) is 41.0 Å². The summed E-state index contributed by atoms with van der Waals surface area (Å²) in [6, 6.07) is -1.36. The molecular weight excluding hydrogens is 899 g/mol. The van der Waals surface area contributed by atoms with Gasteiger partial charge in [0.2, 0.25) is 5.79 Å². The molecule has 1 amide bonds. The number of hydrogen-bond donors (Lipinski definition) is 3. The molecule has 1 unspecified atom stereocenters. The fourth-order valence-electron chi connectivity index (χ4n) is 10.3. The molecule has 3 aliphatic heterocycles. The molecule has 15 heteroatoms. The van der Waals surface area contributed by atoms with Gasteiger partial charge >= 0.3 is 5.97 Å². The second kappa shape index (κ2) is 27.0. The maximum absolute atomic E-state index is 14.6. The van der Waals surface area contributed by atoms with E-state index >= 15 is 0 Å². The summed E-state index contributed by atoms with van der Waals surface area (Å²) in [5, 5.41) is 33.2. The molecule has 15 nitrogen and oxygen atoms in total. The lowest BCUT2D eigenvalue weighted by Gasteiger charge is -2.42. The highest BCUT2D eigenvalue weighted by Crippen LogP contribution is 2.39. The number of rotatable bonds is 9. The lowest BCUT2D eigenvalue weighted by molar-refractivity contribution is -0.265. The molecule has 0 spiro atoms. The average Bonchev–Trinajstić information content (AvgIpc) is 3.35. The first kappa shape index (κ1) is 48.8. The number of amides is 1. The van der Waals surface area contributed by atoms with Crippen LogP contribution in [0.1, 0.15) is 142 Å². The van der Waals surface area contributed by atoms with Crippen molar-refractivity contribution in [1.29, 1.82) is 0 Å². The van der Waals surface area contributed by atoms with Gasteiger partial charge in [0.05, 0.1) is 41.7 Å². The van der Waals surface area contributed by atoms with Gasteiger partial charge in [0.1, 0.15) is 30.1 Å². The number of piperidine rings is 1. The maximum atomic E-state index is 14.6. The first-order valence-electron chi connectivity index (χ1n) is 28.6. The average molecular weight is 993 g/mol. The number of carbonyl (C=O) groups excluding carboxylic acids is 5. The number of Topliss-reactive ketones (excluding diaryl/α,β-unsaturated/α-hetero) is 3. The van der Waals surface area contributed by atoms with Gasteiger partial charge in [0.25, 0.3) is 11.7 Å². The van der Waals surface area contributed by atoms with Crippen LogP contribution < -0.4 is 0 Å². The molecule has 70 heavy (non-hydrogen) atoms. The van der Waals surface area contributed by atoms with Crippen molar-refractivity contribution in [2.24, 2.45) is 40.9 Å². The highest BCUT2D eigenvalue weighted by molar-refractivity contribution is 6.39. The van der Waals surface area contributed by atoms with E-state index in [4.69, 9.17) is 36.6 Å². The van der Waals surface area contributed by atoms with Crippen LogP contribution in [0.4, 0.5) is 0 Å². The van der Waals surface area contributed by atoms with Gasteiger partial charge in [0.15, 0.2) is 5.78 Å². The molecule has 2 saturated heterocycles. The normalized spacial score (nSPS) is 42.0. The Labute approximate surface area is 427 Å². The minimum Gasteiger partial charge on any atom is -0.460 e. The number of aliphatic hydroxyl groups is 3.